The Morgan fingerprint density at radius 2 is 0.759 bits per heavy atom. The maximum Gasteiger partial charge on any atom is 0.0577 e. The lowest BCUT2D eigenvalue weighted by Crippen LogP contribution is -2.28. The van der Waals surface area contributed by atoms with Crippen LogP contribution in [0.3, 0.4) is 0 Å². The zero-order chi connectivity index (χ0) is 19.0. The van der Waals surface area contributed by atoms with Gasteiger partial charge in [0.05, 0.1) is 6.04 Å². The zero-order valence-corrected chi connectivity index (χ0v) is 16.4. The van der Waals surface area contributed by atoms with Gasteiger partial charge in [-0.25, -0.2) is 0 Å². The second-order valence-corrected chi connectivity index (χ2v) is 7.04. The second kappa shape index (κ2) is 10.4. The molecular formula is C27H27NO. The molecule has 0 aromatic heterocycles. The van der Waals surface area contributed by atoms with Crippen LogP contribution in [0.5, 0.6) is 0 Å². The van der Waals surface area contributed by atoms with Gasteiger partial charge in [0, 0.05) is 12.5 Å². The Balaban J connectivity index is 0.00000240. The van der Waals surface area contributed by atoms with Gasteiger partial charge in [0.25, 0.3) is 0 Å². The molecule has 0 unspecified atom stereocenters. The fraction of sp³-hybridized carbons (Fsp3) is 0.111. The van der Waals surface area contributed by atoms with Crippen LogP contribution in [-0.4, -0.2) is 12.0 Å². The van der Waals surface area contributed by atoms with Crippen molar-refractivity contribution in [2.24, 2.45) is 0 Å². The molecule has 2 nitrogen and oxygen atoms in total. The number of hydrogen-bond donors (Lipinski definition) is 1. The van der Waals surface area contributed by atoms with Crippen molar-refractivity contribution >= 4 is 0 Å². The number of nitrogens with one attached hydrogen (secondary N) is 1. The highest BCUT2D eigenvalue weighted by Crippen LogP contribution is 2.27. The monoisotopic (exact) mass is 381 g/mol. The fourth-order valence-corrected chi connectivity index (χ4v) is 3.75. The molecule has 0 bridgehead atoms. The van der Waals surface area contributed by atoms with E-state index in [-0.39, 0.29) is 11.5 Å². The maximum absolute atomic E-state index is 3.85. The summed E-state index contributed by atoms with van der Waals surface area (Å²) in [5, 5.41) is 3.85. The van der Waals surface area contributed by atoms with Crippen LogP contribution in [0.2, 0.25) is 0 Å². The van der Waals surface area contributed by atoms with Gasteiger partial charge in [-0.3, -0.25) is 0 Å². The van der Waals surface area contributed by atoms with E-state index >= 15 is 0 Å². The van der Waals surface area contributed by atoms with Crippen LogP contribution in [0, 0.1) is 0 Å². The molecule has 0 spiro atoms. The highest BCUT2D eigenvalue weighted by atomic mass is 16.0. The van der Waals surface area contributed by atoms with Gasteiger partial charge in [-0.05, 0) is 22.3 Å². The minimum atomic E-state index is 0. The van der Waals surface area contributed by atoms with Crippen molar-refractivity contribution in [3.05, 3.63) is 144 Å². The summed E-state index contributed by atoms with van der Waals surface area (Å²) >= 11 is 0. The van der Waals surface area contributed by atoms with E-state index in [1.54, 1.807) is 0 Å². The first-order valence-corrected chi connectivity index (χ1v) is 9.85. The Bertz CT molecular complexity index is 794. The van der Waals surface area contributed by atoms with Gasteiger partial charge >= 0.3 is 0 Å². The molecule has 0 amide bonds. The molecule has 146 valence electrons. The third kappa shape index (κ3) is 5.20. The van der Waals surface area contributed by atoms with Crippen LogP contribution >= 0.6 is 0 Å². The van der Waals surface area contributed by atoms with Gasteiger partial charge in [-0.1, -0.05) is 121 Å². The largest absolute Gasteiger partial charge is 0.412 e. The summed E-state index contributed by atoms with van der Waals surface area (Å²) < 4.78 is 0. The summed E-state index contributed by atoms with van der Waals surface area (Å²) in [5.74, 6) is 0.303. The lowest BCUT2D eigenvalue weighted by molar-refractivity contribution is 0.573. The smallest absolute Gasteiger partial charge is 0.0577 e. The average molecular weight is 382 g/mol. The summed E-state index contributed by atoms with van der Waals surface area (Å²) in [6.07, 6.45) is 0. The van der Waals surface area contributed by atoms with Crippen LogP contribution in [0.4, 0.5) is 0 Å². The second-order valence-electron chi connectivity index (χ2n) is 7.04. The molecule has 0 aliphatic carbocycles. The number of hydrogen-bond acceptors (Lipinski definition) is 1. The fourth-order valence-electron chi connectivity index (χ4n) is 3.75. The average Bonchev–Trinajstić information content (AvgIpc) is 2.79. The summed E-state index contributed by atoms with van der Waals surface area (Å²) in [5.41, 5.74) is 5.24. The SMILES string of the molecule is O.c1ccc(C(CNC(c2ccccc2)c2ccccc2)c2ccccc2)cc1. The Hall–Kier alpha value is -3.20. The summed E-state index contributed by atoms with van der Waals surface area (Å²) in [6.45, 7) is 0.864. The van der Waals surface area contributed by atoms with E-state index in [0.717, 1.165) is 6.54 Å². The van der Waals surface area contributed by atoms with E-state index in [4.69, 9.17) is 0 Å². The maximum atomic E-state index is 3.85. The quantitative estimate of drug-likeness (QED) is 0.459. The van der Waals surface area contributed by atoms with E-state index < -0.39 is 0 Å². The van der Waals surface area contributed by atoms with E-state index in [0.29, 0.717) is 5.92 Å². The van der Waals surface area contributed by atoms with Crippen LogP contribution in [0.25, 0.3) is 0 Å². The van der Waals surface area contributed by atoms with Crippen molar-refractivity contribution < 1.29 is 5.48 Å². The van der Waals surface area contributed by atoms with Crippen molar-refractivity contribution in [2.75, 3.05) is 6.54 Å². The van der Waals surface area contributed by atoms with Crippen LogP contribution in [-0.2, 0) is 0 Å². The third-order valence-corrected chi connectivity index (χ3v) is 5.20. The summed E-state index contributed by atoms with van der Waals surface area (Å²) in [7, 11) is 0. The molecule has 0 aliphatic rings. The van der Waals surface area contributed by atoms with Gasteiger partial charge in [0.15, 0.2) is 0 Å². The van der Waals surface area contributed by atoms with Crippen LogP contribution in [0.15, 0.2) is 121 Å². The minimum Gasteiger partial charge on any atom is -0.412 e. The molecule has 4 rings (SSSR count). The molecular weight excluding hydrogens is 354 g/mol. The molecule has 2 heteroatoms. The lowest BCUT2D eigenvalue weighted by atomic mass is 9.90. The highest BCUT2D eigenvalue weighted by molar-refractivity contribution is 5.35. The van der Waals surface area contributed by atoms with Crippen molar-refractivity contribution in [3.8, 4) is 0 Å². The van der Waals surface area contributed by atoms with Gasteiger partial charge in [0.2, 0.25) is 0 Å². The Kier molecular flexibility index (Phi) is 7.34. The van der Waals surface area contributed by atoms with E-state index in [1.807, 2.05) is 0 Å². The molecule has 0 saturated heterocycles. The minimum absolute atomic E-state index is 0. The topological polar surface area (TPSA) is 43.5 Å². The van der Waals surface area contributed by atoms with Crippen molar-refractivity contribution in [1.29, 1.82) is 0 Å². The third-order valence-electron chi connectivity index (χ3n) is 5.20. The molecule has 0 heterocycles. The molecule has 0 saturated carbocycles. The Labute approximate surface area is 173 Å². The first-order chi connectivity index (χ1) is 13.9. The number of rotatable bonds is 7. The summed E-state index contributed by atoms with van der Waals surface area (Å²) in [4.78, 5) is 0. The van der Waals surface area contributed by atoms with Crippen LogP contribution in [0.1, 0.15) is 34.2 Å². The molecule has 0 atom stereocenters. The van der Waals surface area contributed by atoms with Crippen molar-refractivity contribution in [1.82, 2.24) is 5.32 Å². The van der Waals surface area contributed by atoms with Gasteiger partial charge in [-0.2, -0.15) is 0 Å². The normalized spacial score (nSPS) is 10.7. The molecule has 3 N–H and O–H groups in total. The van der Waals surface area contributed by atoms with Gasteiger partial charge in [-0.15, -0.1) is 0 Å². The molecule has 0 aliphatic heterocycles. The predicted octanol–water partition coefficient (Wildman–Crippen LogP) is 5.37. The molecule has 4 aromatic carbocycles. The summed E-state index contributed by atoms with van der Waals surface area (Å²) in [6, 6.07) is 43.1. The molecule has 0 fully saturated rings. The Morgan fingerprint density at radius 3 is 1.10 bits per heavy atom. The van der Waals surface area contributed by atoms with Crippen molar-refractivity contribution in [2.45, 2.75) is 12.0 Å². The predicted molar refractivity (Wildman–Crippen MR) is 121 cm³/mol. The molecule has 0 radical (unpaired) electrons. The van der Waals surface area contributed by atoms with E-state index in [9.17, 15) is 0 Å². The highest BCUT2D eigenvalue weighted by Gasteiger charge is 2.18. The number of benzene rings is 4. The van der Waals surface area contributed by atoms with E-state index in [2.05, 4.69) is 127 Å². The van der Waals surface area contributed by atoms with Gasteiger partial charge < -0.3 is 10.8 Å². The lowest BCUT2D eigenvalue weighted by Gasteiger charge is -2.25. The molecule has 4 aromatic rings. The van der Waals surface area contributed by atoms with E-state index in [1.165, 1.54) is 22.3 Å². The van der Waals surface area contributed by atoms with Crippen LogP contribution < -0.4 is 5.32 Å². The van der Waals surface area contributed by atoms with Gasteiger partial charge in [0.1, 0.15) is 0 Å². The Morgan fingerprint density at radius 1 is 0.448 bits per heavy atom. The zero-order valence-electron chi connectivity index (χ0n) is 16.4. The first-order valence-electron chi connectivity index (χ1n) is 9.85. The molecule has 29 heavy (non-hydrogen) atoms. The standard InChI is InChI=1S/C27H25N.H2O/c1-5-13-22(14-6-1)26(23-15-7-2-8-16-23)21-28-27(24-17-9-3-10-18-24)25-19-11-4-12-20-25;/h1-20,26-28H,21H2;1H2. The first kappa shape index (κ1) is 20.5. The van der Waals surface area contributed by atoms with Crippen molar-refractivity contribution in [3.63, 3.8) is 0 Å².